The van der Waals surface area contributed by atoms with Crippen molar-refractivity contribution in [2.24, 2.45) is 13.0 Å². The summed E-state index contributed by atoms with van der Waals surface area (Å²) in [6.45, 7) is 3.14. The SMILES string of the molecule is COCC(=O)NCC1CC2CCN1CC2c1cc(C2CCCC2)nn1C. The lowest BCUT2D eigenvalue weighted by Crippen LogP contribution is -2.56. The van der Waals surface area contributed by atoms with E-state index in [0.717, 1.165) is 19.6 Å². The normalized spacial score (nSPS) is 31.5. The van der Waals surface area contributed by atoms with E-state index >= 15 is 0 Å². The Morgan fingerprint density at radius 1 is 1.35 bits per heavy atom. The van der Waals surface area contributed by atoms with Crippen molar-refractivity contribution in [3.8, 4) is 0 Å². The summed E-state index contributed by atoms with van der Waals surface area (Å²) in [5, 5.41) is 7.90. The van der Waals surface area contributed by atoms with Crippen LogP contribution in [0.4, 0.5) is 0 Å². The van der Waals surface area contributed by atoms with Gasteiger partial charge in [-0.3, -0.25) is 14.4 Å². The van der Waals surface area contributed by atoms with Crippen molar-refractivity contribution in [2.75, 3.05) is 33.4 Å². The van der Waals surface area contributed by atoms with Gasteiger partial charge in [0.15, 0.2) is 0 Å². The van der Waals surface area contributed by atoms with Crippen molar-refractivity contribution in [2.45, 2.75) is 56.4 Å². The number of nitrogens with one attached hydrogen (secondary N) is 1. The maximum Gasteiger partial charge on any atom is 0.246 e. The average Bonchev–Trinajstić information content (AvgIpc) is 3.30. The van der Waals surface area contributed by atoms with Gasteiger partial charge in [0, 0.05) is 50.8 Å². The number of ether oxygens (including phenoxy) is 1. The standard InChI is InChI=1S/C20H32N4O2/c1-23-19(10-18(22-23)14-5-3-4-6-14)17-12-24-8-7-15(17)9-16(24)11-21-20(25)13-26-2/h10,14-17H,3-9,11-13H2,1-2H3,(H,21,25). The van der Waals surface area contributed by atoms with Crippen LogP contribution in [0.1, 0.15) is 61.7 Å². The quantitative estimate of drug-likeness (QED) is 0.843. The molecule has 1 aromatic heterocycles. The van der Waals surface area contributed by atoms with Crippen molar-refractivity contribution in [3.05, 3.63) is 17.5 Å². The topological polar surface area (TPSA) is 59.4 Å². The highest BCUT2D eigenvalue weighted by Crippen LogP contribution is 2.43. The maximum atomic E-state index is 11.7. The van der Waals surface area contributed by atoms with E-state index in [2.05, 4.69) is 28.0 Å². The smallest absolute Gasteiger partial charge is 0.246 e. The number of rotatable bonds is 6. The molecule has 3 aliphatic heterocycles. The average molecular weight is 361 g/mol. The van der Waals surface area contributed by atoms with Crippen molar-refractivity contribution < 1.29 is 9.53 Å². The molecule has 0 spiro atoms. The van der Waals surface area contributed by atoms with E-state index in [-0.39, 0.29) is 12.5 Å². The summed E-state index contributed by atoms with van der Waals surface area (Å²) in [6.07, 6.45) is 7.75. The van der Waals surface area contributed by atoms with Gasteiger partial charge in [0.05, 0.1) is 5.69 Å². The number of hydrogen-bond donors (Lipinski definition) is 1. The van der Waals surface area contributed by atoms with Gasteiger partial charge >= 0.3 is 0 Å². The molecule has 4 unspecified atom stereocenters. The number of carbonyl (C=O) groups excluding carboxylic acids is 1. The summed E-state index contributed by atoms with van der Waals surface area (Å²) in [5.74, 6) is 1.96. The Balaban J connectivity index is 1.40. The Morgan fingerprint density at radius 3 is 2.85 bits per heavy atom. The van der Waals surface area contributed by atoms with Crippen LogP contribution in [0.2, 0.25) is 0 Å². The van der Waals surface area contributed by atoms with Crippen LogP contribution in [0, 0.1) is 5.92 Å². The lowest BCUT2D eigenvalue weighted by Gasteiger charge is -2.50. The number of piperidine rings is 3. The summed E-state index contributed by atoms with van der Waals surface area (Å²) in [7, 11) is 3.68. The largest absolute Gasteiger partial charge is 0.375 e. The highest BCUT2D eigenvalue weighted by Gasteiger charge is 2.42. The Morgan fingerprint density at radius 2 is 2.15 bits per heavy atom. The van der Waals surface area contributed by atoms with E-state index < -0.39 is 0 Å². The van der Waals surface area contributed by atoms with Crippen LogP contribution in [0.5, 0.6) is 0 Å². The van der Waals surface area contributed by atoms with Gasteiger partial charge in [-0.2, -0.15) is 5.10 Å². The van der Waals surface area contributed by atoms with Crippen LogP contribution < -0.4 is 5.32 Å². The molecule has 4 heterocycles. The molecule has 1 aliphatic carbocycles. The molecule has 3 saturated heterocycles. The zero-order chi connectivity index (χ0) is 18.1. The van der Waals surface area contributed by atoms with Crippen molar-refractivity contribution in [1.82, 2.24) is 20.0 Å². The molecule has 26 heavy (non-hydrogen) atoms. The predicted molar refractivity (Wildman–Crippen MR) is 100 cm³/mol. The predicted octanol–water partition coefficient (Wildman–Crippen LogP) is 2.02. The molecule has 144 valence electrons. The van der Waals surface area contributed by atoms with E-state index in [1.54, 1.807) is 7.11 Å². The Bertz CT molecular complexity index is 638. The van der Waals surface area contributed by atoms with Crippen molar-refractivity contribution in [3.63, 3.8) is 0 Å². The molecule has 1 aromatic rings. The molecule has 2 bridgehead atoms. The minimum Gasteiger partial charge on any atom is -0.375 e. The summed E-state index contributed by atoms with van der Waals surface area (Å²) >= 11 is 0. The molecule has 1 amide bonds. The first-order valence-electron chi connectivity index (χ1n) is 10.2. The van der Waals surface area contributed by atoms with Gasteiger partial charge in [0.2, 0.25) is 5.91 Å². The fraction of sp³-hybridized carbons (Fsp3) is 0.800. The van der Waals surface area contributed by atoms with Gasteiger partial charge in [0.1, 0.15) is 6.61 Å². The first-order chi connectivity index (χ1) is 12.7. The molecule has 4 fully saturated rings. The Labute approximate surface area is 156 Å². The number of aromatic nitrogens is 2. The first kappa shape index (κ1) is 18.0. The van der Waals surface area contributed by atoms with Crippen LogP contribution in [-0.4, -0.2) is 60.0 Å². The fourth-order valence-corrected chi connectivity index (χ4v) is 5.37. The minimum atomic E-state index is -0.0143. The molecular weight excluding hydrogens is 328 g/mol. The summed E-state index contributed by atoms with van der Waals surface area (Å²) in [6, 6.07) is 2.87. The molecular formula is C20H32N4O2. The lowest BCUT2D eigenvalue weighted by atomic mass is 9.74. The van der Waals surface area contributed by atoms with Gasteiger partial charge in [0.25, 0.3) is 0 Å². The van der Waals surface area contributed by atoms with Gasteiger partial charge < -0.3 is 10.1 Å². The maximum absolute atomic E-state index is 11.7. The first-order valence-corrected chi connectivity index (χ1v) is 10.2. The van der Waals surface area contributed by atoms with E-state index in [4.69, 9.17) is 9.84 Å². The molecule has 5 rings (SSSR count). The van der Waals surface area contributed by atoms with Crippen molar-refractivity contribution >= 4 is 5.91 Å². The molecule has 6 heteroatoms. The Hall–Kier alpha value is -1.40. The highest BCUT2D eigenvalue weighted by atomic mass is 16.5. The minimum absolute atomic E-state index is 0.0143. The number of aryl methyl sites for hydroxylation is 1. The number of hydrogen-bond acceptors (Lipinski definition) is 4. The number of fused-ring (bicyclic) bond motifs is 3. The van der Waals surface area contributed by atoms with E-state index in [0.29, 0.717) is 23.8 Å². The zero-order valence-corrected chi connectivity index (χ0v) is 16.1. The van der Waals surface area contributed by atoms with E-state index in [1.807, 2.05) is 0 Å². The molecule has 1 N–H and O–H groups in total. The Kier molecular flexibility index (Phi) is 5.32. The second kappa shape index (κ2) is 7.69. The van der Waals surface area contributed by atoms with Gasteiger partial charge in [-0.1, -0.05) is 12.8 Å². The third-order valence-electron chi connectivity index (χ3n) is 6.78. The fourth-order valence-electron chi connectivity index (χ4n) is 5.37. The van der Waals surface area contributed by atoms with Crippen LogP contribution >= 0.6 is 0 Å². The molecule has 0 aromatic carbocycles. The summed E-state index contributed by atoms with van der Waals surface area (Å²) in [4.78, 5) is 14.3. The van der Waals surface area contributed by atoms with Gasteiger partial charge in [-0.25, -0.2) is 0 Å². The summed E-state index contributed by atoms with van der Waals surface area (Å²) < 4.78 is 7.05. The second-order valence-corrected chi connectivity index (χ2v) is 8.38. The van der Waals surface area contributed by atoms with Crippen molar-refractivity contribution in [1.29, 1.82) is 0 Å². The number of carbonyl (C=O) groups is 1. The van der Waals surface area contributed by atoms with E-state index in [1.165, 1.54) is 49.9 Å². The number of methoxy groups -OCH3 is 1. The van der Waals surface area contributed by atoms with Gasteiger partial charge in [-0.15, -0.1) is 0 Å². The highest BCUT2D eigenvalue weighted by molar-refractivity contribution is 5.77. The zero-order valence-electron chi connectivity index (χ0n) is 16.1. The van der Waals surface area contributed by atoms with E-state index in [9.17, 15) is 4.79 Å². The molecule has 4 aliphatic rings. The third kappa shape index (κ3) is 3.54. The molecule has 1 saturated carbocycles. The van der Waals surface area contributed by atoms with Crippen LogP contribution in [-0.2, 0) is 16.6 Å². The third-order valence-corrected chi connectivity index (χ3v) is 6.78. The monoisotopic (exact) mass is 360 g/mol. The number of amides is 1. The molecule has 4 atom stereocenters. The summed E-state index contributed by atoms with van der Waals surface area (Å²) in [5.41, 5.74) is 2.74. The van der Waals surface area contributed by atoms with Crippen LogP contribution in [0.15, 0.2) is 6.07 Å². The second-order valence-electron chi connectivity index (χ2n) is 8.38. The molecule has 6 nitrogen and oxygen atoms in total. The number of nitrogens with zero attached hydrogens (tertiary/aromatic N) is 3. The molecule has 0 radical (unpaired) electrons. The van der Waals surface area contributed by atoms with Gasteiger partial charge in [-0.05, 0) is 44.2 Å². The van der Waals surface area contributed by atoms with Crippen LogP contribution in [0.3, 0.4) is 0 Å². The lowest BCUT2D eigenvalue weighted by molar-refractivity contribution is -0.125. The van der Waals surface area contributed by atoms with Crippen LogP contribution in [0.25, 0.3) is 0 Å².